The number of ether oxygens (including phenoxy) is 1. The summed E-state index contributed by atoms with van der Waals surface area (Å²) in [5, 5.41) is 5.41. The molecule has 0 fully saturated rings. The maximum Gasteiger partial charge on any atom is 0.248 e. The van der Waals surface area contributed by atoms with Crippen molar-refractivity contribution in [1.29, 1.82) is 0 Å². The van der Waals surface area contributed by atoms with Gasteiger partial charge in [0, 0.05) is 23.2 Å². The van der Waals surface area contributed by atoms with Crippen molar-refractivity contribution in [2.75, 3.05) is 17.7 Å². The molecule has 124 valence electrons. The fraction of sp³-hybridized carbons (Fsp3) is 0.111. The van der Waals surface area contributed by atoms with Gasteiger partial charge in [-0.1, -0.05) is 34.1 Å². The van der Waals surface area contributed by atoms with Gasteiger partial charge in [0.1, 0.15) is 5.75 Å². The van der Waals surface area contributed by atoms with Crippen LogP contribution in [-0.4, -0.2) is 18.9 Å². The monoisotopic (exact) mass is 388 g/mol. The highest BCUT2D eigenvalue weighted by Gasteiger charge is 2.07. The zero-order valence-corrected chi connectivity index (χ0v) is 14.9. The lowest BCUT2D eigenvalue weighted by atomic mass is 10.2. The topological polar surface area (TPSA) is 67.4 Å². The van der Waals surface area contributed by atoms with E-state index < -0.39 is 0 Å². The van der Waals surface area contributed by atoms with Gasteiger partial charge in [-0.05, 0) is 35.9 Å². The number of carbonyl (C=O) groups is 2. The molecule has 2 amide bonds. The van der Waals surface area contributed by atoms with Gasteiger partial charge in [0.25, 0.3) is 0 Å². The number of hydrogen-bond donors (Lipinski definition) is 2. The largest absolute Gasteiger partial charge is 0.495 e. The van der Waals surface area contributed by atoms with E-state index in [0.717, 1.165) is 10.0 Å². The molecule has 0 unspecified atom stereocenters. The first-order valence-electron chi connectivity index (χ1n) is 7.19. The Kier molecular flexibility index (Phi) is 6.14. The fourth-order valence-electron chi connectivity index (χ4n) is 2.03. The van der Waals surface area contributed by atoms with E-state index in [0.29, 0.717) is 17.1 Å². The van der Waals surface area contributed by atoms with Gasteiger partial charge in [-0.15, -0.1) is 0 Å². The molecule has 0 aliphatic rings. The molecule has 24 heavy (non-hydrogen) atoms. The minimum absolute atomic E-state index is 0.217. The first kappa shape index (κ1) is 17.7. The molecule has 0 aliphatic heterocycles. The van der Waals surface area contributed by atoms with Gasteiger partial charge < -0.3 is 15.4 Å². The molecular formula is C18H17BrN2O3. The number of halogens is 1. The van der Waals surface area contributed by atoms with Gasteiger partial charge in [0.05, 0.1) is 12.8 Å². The summed E-state index contributed by atoms with van der Waals surface area (Å²) >= 11 is 3.42. The standard InChI is InChI=1S/C18H17BrN2O3/c1-12(22)20-16-11-14(8-9-17(16)24-2)21-18(23)10-7-13-5-3-4-6-15(13)19/h3-11H,1-2H3,(H,20,22)(H,21,23)/b10-7+. The van der Waals surface area contributed by atoms with Crippen molar-refractivity contribution in [2.24, 2.45) is 0 Å². The molecule has 0 atom stereocenters. The molecule has 0 saturated carbocycles. The number of rotatable bonds is 5. The molecule has 0 saturated heterocycles. The molecule has 6 heteroatoms. The lowest BCUT2D eigenvalue weighted by Crippen LogP contribution is -2.10. The Morgan fingerprint density at radius 2 is 1.88 bits per heavy atom. The third-order valence-electron chi connectivity index (χ3n) is 3.10. The summed E-state index contributed by atoms with van der Waals surface area (Å²) in [5.41, 5.74) is 1.96. The van der Waals surface area contributed by atoms with E-state index in [-0.39, 0.29) is 11.8 Å². The number of hydrogen-bond acceptors (Lipinski definition) is 3. The van der Waals surface area contributed by atoms with Crippen molar-refractivity contribution >= 4 is 45.2 Å². The zero-order valence-electron chi connectivity index (χ0n) is 13.3. The van der Waals surface area contributed by atoms with Crippen molar-refractivity contribution in [1.82, 2.24) is 0 Å². The third kappa shape index (κ3) is 4.96. The Labute approximate surface area is 148 Å². The van der Waals surface area contributed by atoms with Crippen LogP contribution >= 0.6 is 15.9 Å². The van der Waals surface area contributed by atoms with Crippen molar-refractivity contribution in [3.8, 4) is 5.75 Å². The van der Waals surface area contributed by atoms with E-state index >= 15 is 0 Å². The first-order valence-corrected chi connectivity index (χ1v) is 7.98. The predicted molar refractivity (Wildman–Crippen MR) is 99.1 cm³/mol. The summed E-state index contributed by atoms with van der Waals surface area (Å²) in [5.74, 6) is 0.0299. The molecule has 2 rings (SSSR count). The Hall–Kier alpha value is -2.60. The van der Waals surface area contributed by atoms with Gasteiger partial charge in [-0.3, -0.25) is 9.59 Å². The van der Waals surface area contributed by atoms with Crippen LogP contribution in [0.15, 0.2) is 53.0 Å². The van der Waals surface area contributed by atoms with E-state index in [9.17, 15) is 9.59 Å². The van der Waals surface area contributed by atoms with Crippen molar-refractivity contribution in [3.63, 3.8) is 0 Å². The van der Waals surface area contributed by atoms with Gasteiger partial charge >= 0.3 is 0 Å². The second-order valence-electron chi connectivity index (χ2n) is 4.94. The Balaban J connectivity index is 2.11. The van der Waals surface area contributed by atoms with E-state index in [1.807, 2.05) is 24.3 Å². The molecule has 2 aromatic rings. The molecule has 2 aromatic carbocycles. The van der Waals surface area contributed by atoms with Gasteiger partial charge in [0.2, 0.25) is 11.8 Å². The summed E-state index contributed by atoms with van der Waals surface area (Å²) in [6, 6.07) is 12.6. The lowest BCUT2D eigenvalue weighted by molar-refractivity contribution is -0.114. The number of anilines is 2. The minimum Gasteiger partial charge on any atom is -0.495 e. The molecule has 0 aliphatic carbocycles. The van der Waals surface area contributed by atoms with E-state index in [1.54, 1.807) is 24.3 Å². The first-order chi connectivity index (χ1) is 11.5. The van der Waals surface area contributed by atoms with Crippen molar-refractivity contribution < 1.29 is 14.3 Å². The molecule has 5 nitrogen and oxygen atoms in total. The number of carbonyl (C=O) groups excluding carboxylic acids is 2. The fourth-order valence-corrected chi connectivity index (χ4v) is 2.45. The zero-order chi connectivity index (χ0) is 17.5. The van der Waals surface area contributed by atoms with Gasteiger partial charge in [0.15, 0.2) is 0 Å². The number of benzene rings is 2. The van der Waals surface area contributed by atoms with Crippen LogP contribution in [0.5, 0.6) is 5.75 Å². The Bertz CT molecular complexity index is 788. The summed E-state index contributed by atoms with van der Waals surface area (Å²) < 4.78 is 6.09. The summed E-state index contributed by atoms with van der Waals surface area (Å²) in [6.07, 6.45) is 3.17. The highest BCUT2D eigenvalue weighted by atomic mass is 79.9. The molecule has 2 N–H and O–H groups in total. The summed E-state index contributed by atoms with van der Waals surface area (Å²) in [6.45, 7) is 1.41. The number of methoxy groups -OCH3 is 1. The number of nitrogens with one attached hydrogen (secondary N) is 2. The van der Waals surface area contributed by atoms with Crippen LogP contribution in [-0.2, 0) is 9.59 Å². The molecule has 0 aromatic heterocycles. The van der Waals surface area contributed by atoms with E-state index in [2.05, 4.69) is 26.6 Å². The predicted octanol–water partition coefficient (Wildman–Crippen LogP) is 4.07. The van der Waals surface area contributed by atoms with E-state index in [1.165, 1.54) is 20.1 Å². The summed E-state index contributed by atoms with van der Waals surface area (Å²) in [7, 11) is 1.51. The third-order valence-corrected chi connectivity index (χ3v) is 3.82. The van der Waals surface area contributed by atoms with Crippen LogP contribution in [0, 0.1) is 0 Å². The van der Waals surface area contributed by atoms with Crippen LogP contribution in [0.25, 0.3) is 6.08 Å². The van der Waals surface area contributed by atoms with Crippen molar-refractivity contribution in [3.05, 3.63) is 58.6 Å². The number of amides is 2. The van der Waals surface area contributed by atoms with Crippen LogP contribution < -0.4 is 15.4 Å². The van der Waals surface area contributed by atoms with Crippen molar-refractivity contribution in [2.45, 2.75) is 6.92 Å². The minimum atomic E-state index is -0.273. The normalized spacial score (nSPS) is 10.5. The highest BCUT2D eigenvalue weighted by molar-refractivity contribution is 9.10. The Morgan fingerprint density at radius 3 is 2.54 bits per heavy atom. The van der Waals surface area contributed by atoms with Crippen LogP contribution in [0.1, 0.15) is 12.5 Å². The molecular weight excluding hydrogens is 372 g/mol. The van der Waals surface area contributed by atoms with Crippen LogP contribution in [0.2, 0.25) is 0 Å². The molecule has 0 spiro atoms. The maximum atomic E-state index is 12.1. The summed E-state index contributed by atoms with van der Waals surface area (Å²) in [4.78, 5) is 23.3. The van der Waals surface area contributed by atoms with Crippen LogP contribution in [0.3, 0.4) is 0 Å². The SMILES string of the molecule is COc1ccc(NC(=O)/C=C/c2ccccc2Br)cc1NC(C)=O. The quantitative estimate of drug-likeness (QED) is 0.758. The molecule has 0 heterocycles. The lowest BCUT2D eigenvalue weighted by Gasteiger charge is -2.11. The smallest absolute Gasteiger partial charge is 0.248 e. The second-order valence-corrected chi connectivity index (χ2v) is 5.79. The average molecular weight is 389 g/mol. The van der Waals surface area contributed by atoms with Gasteiger partial charge in [-0.25, -0.2) is 0 Å². The van der Waals surface area contributed by atoms with Crippen LogP contribution in [0.4, 0.5) is 11.4 Å². The molecule has 0 radical (unpaired) electrons. The highest BCUT2D eigenvalue weighted by Crippen LogP contribution is 2.27. The van der Waals surface area contributed by atoms with Gasteiger partial charge in [-0.2, -0.15) is 0 Å². The second kappa shape index (κ2) is 8.31. The average Bonchev–Trinajstić information content (AvgIpc) is 2.54. The Morgan fingerprint density at radius 1 is 1.12 bits per heavy atom. The maximum absolute atomic E-state index is 12.1. The van der Waals surface area contributed by atoms with E-state index in [4.69, 9.17) is 4.74 Å². The molecule has 0 bridgehead atoms.